The molecule has 1 aliphatic rings. The lowest BCUT2D eigenvalue weighted by atomic mass is 9.98. The van der Waals surface area contributed by atoms with Gasteiger partial charge in [-0.05, 0) is 37.5 Å². The van der Waals surface area contributed by atoms with Crippen LogP contribution in [-0.4, -0.2) is 12.7 Å². The van der Waals surface area contributed by atoms with Crippen LogP contribution in [0, 0.1) is 0 Å². The number of benzene rings is 1. The van der Waals surface area contributed by atoms with Gasteiger partial charge in [-0.1, -0.05) is 25.0 Å². The highest BCUT2D eigenvalue weighted by atomic mass is 19.1. The molecule has 0 spiro atoms. The number of alkyl halides is 1. The van der Waals surface area contributed by atoms with Crippen molar-refractivity contribution in [3.63, 3.8) is 0 Å². The van der Waals surface area contributed by atoms with E-state index in [1.165, 1.54) is 12.8 Å². The molecule has 1 atom stereocenters. The minimum atomic E-state index is -1.43. The van der Waals surface area contributed by atoms with Crippen molar-refractivity contribution in [3.05, 3.63) is 29.8 Å². The summed E-state index contributed by atoms with van der Waals surface area (Å²) in [6.45, 7) is 1.69. The van der Waals surface area contributed by atoms with E-state index in [4.69, 9.17) is 10.5 Å². The van der Waals surface area contributed by atoms with Crippen LogP contribution in [0.1, 0.15) is 38.2 Å². The smallest absolute Gasteiger partial charge is 0.156 e. The molecule has 1 aromatic carbocycles. The second kappa shape index (κ2) is 5.05. The molecule has 2 nitrogen and oxygen atoms in total. The van der Waals surface area contributed by atoms with Crippen molar-refractivity contribution in [2.45, 2.75) is 44.4 Å². The zero-order valence-electron chi connectivity index (χ0n) is 10.3. The molecule has 2 N–H and O–H groups in total. The van der Waals surface area contributed by atoms with Crippen molar-refractivity contribution in [2.75, 3.05) is 12.3 Å². The maximum atomic E-state index is 14.4. The summed E-state index contributed by atoms with van der Waals surface area (Å²) >= 11 is 0. The van der Waals surface area contributed by atoms with E-state index in [0.717, 1.165) is 12.8 Å². The summed E-state index contributed by atoms with van der Waals surface area (Å²) in [6.07, 6.45) is 4.79. The topological polar surface area (TPSA) is 35.2 Å². The number of rotatable bonds is 4. The molecule has 0 bridgehead atoms. The Balaban J connectivity index is 1.94. The van der Waals surface area contributed by atoms with Gasteiger partial charge in [-0.2, -0.15) is 0 Å². The van der Waals surface area contributed by atoms with Gasteiger partial charge in [0.15, 0.2) is 5.67 Å². The molecule has 1 fully saturated rings. The number of nitrogens with two attached hydrogens (primary N) is 1. The second-order valence-corrected chi connectivity index (χ2v) is 5.04. The van der Waals surface area contributed by atoms with Crippen LogP contribution in [0.15, 0.2) is 24.3 Å². The van der Waals surface area contributed by atoms with Crippen molar-refractivity contribution in [1.29, 1.82) is 0 Å². The highest BCUT2D eigenvalue weighted by Gasteiger charge is 2.28. The molecule has 0 aliphatic heterocycles. The van der Waals surface area contributed by atoms with Crippen molar-refractivity contribution < 1.29 is 9.13 Å². The molecule has 94 valence electrons. The molecule has 2 rings (SSSR count). The second-order valence-electron chi connectivity index (χ2n) is 5.04. The molecule has 17 heavy (non-hydrogen) atoms. The van der Waals surface area contributed by atoms with Gasteiger partial charge in [0.1, 0.15) is 0 Å². The molecular formula is C14H20FNO. The molecule has 0 aromatic heterocycles. The van der Waals surface area contributed by atoms with Gasteiger partial charge in [-0.15, -0.1) is 0 Å². The third-order valence-corrected chi connectivity index (χ3v) is 3.40. The van der Waals surface area contributed by atoms with Crippen molar-refractivity contribution >= 4 is 5.69 Å². The average molecular weight is 237 g/mol. The summed E-state index contributed by atoms with van der Waals surface area (Å²) < 4.78 is 20.1. The van der Waals surface area contributed by atoms with Gasteiger partial charge < -0.3 is 10.5 Å². The standard InChI is InChI=1S/C14H20FNO/c1-14(15,10-17-13-4-2-3-5-13)11-6-8-12(16)9-7-11/h6-9,13H,2-5,10,16H2,1H3. The van der Waals surface area contributed by atoms with Crippen LogP contribution in [0.3, 0.4) is 0 Å². The van der Waals surface area contributed by atoms with Crippen molar-refractivity contribution in [1.82, 2.24) is 0 Å². The van der Waals surface area contributed by atoms with Gasteiger partial charge >= 0.3 is 0 Å². The molecule has 1 saturated carbocycles. The van der Waals surface area contributed by atoms with E-state index in [1.54, 1.807) is 31.2 Å². The summed E-state index contributed by atoms with van der Waals surface area (Å²) in [5.41, 5.74) is 5.44. The van der Waals surface area contributed by atoms with Crippen LogP contribution in [0.25, 0.3) is 0 Å². The van der Waals surface area contributed by atoms with E-state index in [0.29, 0.717) is 11.3 Å². The fraction of sp³-hybridized carbons (Fsp3) is 0.571. The number of halogens is 1. The first-order chi connectivity index (χ1) is 8.08. The summed E-state index contributed by atoms with van der Waals surface area (Å²) in [4.78, 5) is 0. The van der Waals surface area contributed by atoms with E-state index in [1.807, 2.05) is 0 Å². The number of ether oxygens (including phenoxy) is 1. The number of hydrogen-bond acceptors (Lipinski definition) is 2. The zero-order valence-corrected chi connectivity index (χ0v) is 10.3. The molecule has 0 radical (unpaired) electrons. The van der Waals surface area contributed by atoms with Crippen LogP contribution < -0.4 is 5.73 Å². The predicted molar refractivity (Wildman–Crippen MR) is 67.5 cm³/mol. The van der Waals surface area contributed by atoms with Gasteiger partial charge in [0.2, 0.25) is 0 Å². The normalized spacial score (nSPS) is 20.4. The average Bonchev–Trinajstić information content (AvgIpc) is 2.80. The zero-order chi connectivity index (χ0) is 12.3. The highest BCUT2D eigenvalue weighted by Crippen LogP contribution is 2.29. The summed E-state index contributed by atoms with van der Waals surface area (Å²) in [5, 5.41) is 0. The van der Waals surface area contributed by atoms with Crippen LogP contribution in [0.5, 0.6) is 0 Å². The van der Waals surface area contributed by atoms with Gasteiger partial charge in [0, 0.05) is 5.69 Å². The Hall–Kier alpha value is -1.09. The van der Waals surface area contributed by atoms with E-state index in [9.17, 15) is 4.39 Å². The molecule has 1 aromatic rings. The van der Waals surface area contributed by atoms with Crippen LogP contribution >= 0.6 is 0 Å². The van der Waals surface area contributed by atoms with E-state index >= 15 is 0 Å². The summed E-state index contributed by atoms with van der Waals surface area (Å²) in [7, 11) is 0. The van der Waals surface area contributed by atoms with Gasteiger partial charge in [-0.25, -0.2) is 4.39 Å². The van der Waals surface area contributed by atoms with Crippen molar-refractivity contribution in [3.8, 4) is 0 Å². The Kier molecular flexibility index (Phi) is 3.67. The molecule has 0 amide bonds. The molecule has 1 unspecified atom stereocenters. The highest BCUT2D eigenvalue weighted by molar-refractivity contribution is 5.40. The van der Waals surface area contributed by atoms with Crippen LogP contribution in [0.2, 0.25) is 0 Å². The molecule has 3 heteroatoms. The van der Waals surface area contributed by atoms with E-state index in [2.05, 4.69) is 0 Å². The third-order valence-electron chi connectivity index (χ3n) is 3.40. The Morgan fingerprint density at radius 2 is 1.88 bits per heavy atom. The predicted octanol–water partition coefficient (Wildman–Crippen LogP) is 3.41. The Morgan fingerprint density at radius 3 is 2.47 bits per heavy atom. The first-order valence-corrected chi connectivity index (χ1v) is 6.24. The fourth-order valence-corrected chi connectivity index (χ4v) is 2.24. The van der Waals surface area contributed by atoms with Gasteiger partial charge in [-0.3, -0.25) is 0 Å². The Labute approximate surface area is 102 Å². The summed E-state index contributed by atoms with van der Waals surface area (Å²) in [5.74, 6) is 0. The quantitative estimate of drug-likeness (QED) is 0.814. The number of nitrogen functional groups attached to an aromatic ring is 1. The number of anilines is 1. The summed E-state index contributed by atoms with van der Waals surface area (Å²) in [6, 6.07) is 6.91. The third kappa shape index (κ3) is 3.19. The Bertz CT molecular complexity index is 355. The minimum Gasteiger partial charge on any atom is -0.399 e. The molecular weight excluding hydrogens is 217 g/mol. The monoisotopic (exact) mass is 237 g/mol. The molecule has 0 saturated heterocycles. The van der Waals surface area contributed by atoms with Gasteiger partial charge in [0.05, 0.1) is 12.7 Å². The lowest BCUT2D eigenvalue weighted by Crippen LogP contribution is -2.25. The minimum absolute atomic E-state index is 0.127. The van der Waals surface area contributed by atoms with Gasteiger partial charge in [0.25, 0.3) is 0 Å². The number of hydrogen-bond donors (Lipinski definition) is 1. The van der Waals surface area contributed by atoms with Crippen molar-refractivity contribution in [2.24, 2.45) is 0 Å². The first-order valence-electron chi connectivity index (χ1n) is 6.24. The first kappa shape index (κ1) is 12.4. The maximum absolute atomic E-state index is 14.4. The lowest BCUT2D eigenvalue weighted by molar-refractivity contribution is -0.0192. The molecule has 1 aliphatic carbocycles. The lowest BCUT2D eigenvalue weighted by Gasteiger charge is -2.23. The van der Waals surface area contributed by atoms with Crippen LogP contribution in [-0.2, 0) is 10.4 Å². The maximum Gasteiger partial charge on any atom is 0.156 e. The van der Waals surface area contributed by atoms with E-state index in [-0.39, 0.29) is 12.7 Å². The van der Waals surface area contributed by atoms with E-state index < -0.39 is 5.67 Å². The fourth-order valence-electron chi connectivity index (χ4n) is 2.24. The largest absolute Gasteiger partial charge is 0.399 e. The SMILES string of the molecule is CC(F)(COC1CCCC1)c1ccc(N)cc1. The Morgan fingerprint density at radius 1 is 1.29 bits per heavy atom. The van der Waals surface area contributed by atoms with Crippen LogP contribution in [0.4, 0.5) is 10.1 Å². The molecule has 0 heterocycles.